The van der Waals surface area contributed by atoms with E-state index in [4.69, 9.17) is 17.0 Å². The number of amides is 1. The number of benzene rings is 1. The minimum atomic E-state index is -0.289. The molecule has 7 heteroatoms. The van der Waals surface area contributed by atoms with E-state index >= 15 is 0 Å². The highest BCUT2D eigenvalue weighted by Gasteiger charge is 2.31. The lowest BCUT2D eigenvalue weighted by molar-refractivity contribution is -0.122. The fraction of sp³-hybridized carbons (Fsp3) is 0.412. The largest absolute Gasteiger partial charge is 0.379 e. The minimum Gasteiger partial charge on any atom is -0.379 e. The van der Waals surface area contributed by atoms with Gasteiger partial charge < -0.3 is 4.74 Å². The molecule has 1 aromatic carbocycles. The average Bonchev–Trinajstić information content (AvgIpc) is 2.85. The van der Waals surface area contributed by atoms with E-state index < -0.39 is 0 Å². The lowest BCUT2D eigenvalue weighted by Gasteiger charge is -2.27. The fourth-order valence-corrected chi connectivity index (χ4v) is 3.99. The van der Waals surface area contributed by atoms with Crippen molar-refractivity contribution >= 4 is 40.3 Å². The number of ether oxygens (including phenoxy) is 1. The second-order valence-corrected chi connectivity index (χ2v) is 7.37. The Morgan fingerprint density at radius 3 is 2.62 bits per heavy atom. The Balaban J connectivity index is 1.56. The summed E-state index contributed by atoms with van der Waals surface area (Å²) in [5, 5.41) is 0. The third-order valence-electron chi connectivity index (χ3n) is 4.00. The van der Waals surface area contributed by atoms with Gasteiger partial charge in [-0.15, -0.1) is 0 Å². The molecular weight excluding hydrogens is 347 g/mol. The molecule has 1 aromatic rings. The Hall–Kier alpha value is -1.28. The summed E-state index contributed by atoms with van der Waals surface area (Å²) >= 11 is 6.64. The van der Waals surface area contributed by atoms with E-state index in [2.05, 4.69) is 4.90 Å². The van der Waals surface area contributed by atoms with E-state index in [9.17, 15) is 9.18 Å². The van der Waals surface area contributed by atoms with Crippen LogP contribution < -0.4 is 0 Å². The fourth-order valence-electron chi connectivity index (χ4n) is 2.68. The van der Waals surface area contributed by atoms with E-state index in [0.717, 1.165) is 44.8 Å². The number of rotatable bonds is 5. The molecule has 1 amide bonds. The second kappa shape index (κ2) is 8.20. The molecule has 4 nitrogen and oxygen atoms in total. The van der Waals surface area contributed by atoms with Crippen LogP contribution in [-0.2, 0) is 9.53 Å². The van der Waals surface area contributed by atoms with Crippen molar-refractivity contribution in [3.63, 3.8) is 0 Å². The van der Waals surface area contributed by atoms with Crippen LogP contribution in [0.2, 0.25) is 0 Å². The first-order valence-corrected chi connectivity index (χ1v) is 9.17. The van der Waals surface area contributed by atoms with Crippen LogP contribution in [0.15, 0.2) is 29.2 Å². The first kappa shape index (κ1) is 17.5. The van der Waals surface area contributed by atoms with Crippen molar-refractivity contribution in [3.05, 3.63) is 40.6 Å². The van der Waals surface area contributed by atoms with Gasteiger partial charge in [0.1, 0.15) is 10.1 Å². The Bertz CT molecular complexity index is 642. The highest BCUT2D eigenvalue weighted by atomic mass is 32.2. The monoisotopic (exact) mass is 366 g/mol. The molecule has 0 aliphatic carbocycles. The number of morpholine rings is 1. The smallest absolute Gasteiger partial charge is 0.266 e. The number of thioether (sulfide) groups is 1. The maximum absolute atomic E-state index is 13.0. The van der Waals surface area contributed by atoms with Gasteiger partial charge in [0.15, 0.2) is 0 Å². The topological polar surface area (TPSA) is 32.8 Å². The van der Waals surface area contributed by atoms with Gasteiger partial charge in [-0.2, -0.15) is 0 Å². The van der Waals surface area contributed by atoms with Crippen LogP contribution >= 0.6 is 24.0 Å². The number of nitrogens with zero attached hydrogens (tertiary/aromatic N) is 2. The number of hydrogen-bond donors (Lipinski definition) is 0. The summed E-state index contributed by atoms with van der Waals surface area (Å²) in [6, 6.07) is 6.07. The van der Waals surface area contributed by atoms with Crippen LogP contribution in [-0.4, -0.2) is 59.4 Å². The molecule has 0 unspecified atom stereocenters. The van der Waals surface area contributed by atoms with Gasteiger partial charge in [-0.25, -0.2) is 4.39 Å². The third kappa shape index (κ3) is 4.42. The molecule has 0 radical (unpaired) electrons. The van der Waals surface area contributed by atoms with Crippen molar-refractivity contribution in [1.29, 1.82) is 0 Å². The number of halogens is 1. The van der Waals surface area contributed by atoms with Gasteiger partial charge in [0.05, 0.1) is 18.1 Å². The van der Waals surface area contributed by atoms with Gasteiger partial charge in [0.2, 0.25) is 0 Å². The van der Waals surface area contributed by atoms with Crippen LogP contribution in [0.5, 0.6) is 0 Å². The molecule has 0 spiro atoms. The predicted octanol–water partition coefficient (Wildman–Crippen LogP) is 2.75. The first-order valence-electron chi connectivity index (χ1n) is 7.94. The average molecular weight is 366 g/mol. The van der Waals surface area contributed by atoms with Crippen molar-refractivity contribution in [2.24, 2.45) is 0 Å². The molecular formula is C17H19FN2O2S2. The van der Waals surface area contributed by atoms with Crippen LogP contribution in [0.4, 0.5) is 4.39 Å². The summed E-state index contributed by atoms with van der Waals surface area (Å²) in [5.41, 5.74) is 0.796. The highest BCUT2D eigenvalue weighted by Crippen LogP contribution is 2.32. The zero-order valence-corrected chi connectivity index (χ0v) is 14.9. The summed E-state index contributed by atoms with van der Waals surface area (Å²) in [5.74, 6) is -0.348. The van der Waals surface area contributed by atoms with Gasteiger partial charge in [-0.1, -0.05) is 36.1 Å². The summed E-state index contributed by atoms with van der Waals surface area (Å²) in [6.45, 7) is 5.02. The molecule has 2 aliphatic rings. The van der Waals surface area contributed by atoms with E-state index in [0.29, 0.717) is 15.8 Å². The first-order chi connectivity index (χ1) is 11.6. The van der Waals surface area contributed by atoms with Crippen molar-refractivity contribution in [3.8, 4) is 0 Å². The second-order valence-electron chi connectivity index (χ2n) is 5.69. The SMILES string of the molecule is O=C1C(=Cc2ccc(F)cc2)SC(=S)N1CCCN1CCOCC1. The number of carbonyl (C=O) groups is 1. The molecule has 0 bridgehead atoms. The van der Waals surface area contributed by atoms with Gasteiger partial charge in [-0.3, -0.25) is 14.6 Å². The molecule has 0 saturated carbocycles. The van der Waals surface area contributed by atoms with Crippen LogP contribution in [0.3, 0.4) is 0 Å². The Kier molecular flexibility index (Phi) is 5.99. The summed E-state index contributed by atoms with van der Waals surface area (Å²) in [7, 11) is 0. The van der Waals surface area contributed by atoms with Crippen molar-refractivity contribution < 1.29 is 13.9 Å². The molecule has 2 fully saturated rings. The van der Waals surface area contributed by atoms with Crippen molar-refractivity contribution in [2.75, 3.05) is 39.4 Å². The Morgan fingerprint density at radius 2 is 1.92 bits per heavy atom. The van der Waals surface area contributed by atoms with Crippen molar-refractivity contribution in [1.82, 2.24) is 9.80 Å². The van der Waals surface area contributed by atoms with E-state index in [-0.39, 0.29) is 11.7 Å². The molecule has 2 heterocycles. The molecule has 2 saturated heterocycles. The zero-order chi connectivity index (χ0) is 16.9. The molecule has 128 valence electrons. The molecule has 0 N–H and O–H groups in total. The van der Waals surface area contributed by atoms with Crippen LogP contribution in [0, 0.1) is 5.82 Å². The van der Waals surface area contributed by atoms with Gasteiger partial charge in [0.25, 0.3) is 5.91 Å². The molecule has 2 aliphatic heterocycles. The Labute approximate surface area is 150 Å². The normalized spacial score (nSPS) is 21.0. The quantitative estimate of drug-likeness (QED) is 0.591. The van der Waals surface area contributed by atoms with E-state index in [1.165, 1.54) is 23.9 Å². The number of thiocarbonyl (C=S) groups is 1. The highest BCUT2D eigenvalue weighted by molar-refractivity contribution is 8.26. The third-order valence-corrected chi connectivity index (χ3v) is 5.38. The predicted molar refractivity (Wildman–Crippen MR) is 98.2 cm³/mol. The summed E-state index contributed by atoms with van der Waals surface area (Å²) in [4.78, 5) is 17.1. The maximum Gasteiger partial charge on any atom is 0.266 e. The standard InChI is InChI=1S/C17H19FN2O2S2/c18-14-4-2-13(3-5-14)12-15-16(21)20(17(23)24-15)7-1-6-19-8-10-22-11-9-19/h2-5,12H,1,6-11H2. The summed E-state index contributed by atoms with van der Waals surface area (Å²) < 4.78 is 18.9. The van der Waals surface area contributed by atoms with Crippen LogP contribution in [0.25, 0.3) is 6.08 Å². The molecule has 3 rings (SSSR count). The summed E-state index contributed by atoms with van der Waals surface area (Å²) in [6.07, 6.45) is 2.65. The minimum absolute atomic E-state index is 0.0590. The van der Waals surface area contributed by atoms with E-state index in [1.54, 1.807) is 23.1 Å². The molecule has 0 atom stereocenters. The zero-order valence-electron chi connectivity index (χ0n) is 13.2. The lowest BCUT2D eigenvalue weighted by atomic mass is 10.2. The van der Waals surface area contributed by atoms with Gasteiger partial charge >= 0.3 is 0 Å². The Morgan fingerprint density at radius 1 is 1.21 bits per heavy atom. The molecule has 24 heavy (non-hydrogen) atoms. The van der Waals surface area contributed by atoms with Crippen molar-refractivity contribution in [2.45, 2.75) is 6.42 Å². The number of hydrogen-bond acceptors (Lipinski definition) is 5. The maximum atomic E-state index is 13.0. The number of carbonyl (C=O) groups excluding carboxylic acids is 1. The van der Waals surface area contributed by atoms with E-state index in [1.807, 2.05) is 0 Å². The lowest BCUT2D eigenvalue weighted by Crippen LogP contribution is -2.38. The van der Waals surface area contributed by atoms with Gasteiger partial charge in [-0.05, 0) is 30.2 Å². The van der Waals surface area contributed by atoms with Crippen LogP contribution in [0.1, 0.15) is 12.0 Å². The van der Waals surface area contributed by atoms with Gasteiger partial charge in [0, 0.05) is 26.2 Å². The molecule has 0 aromatic heterocycles.